The Bertz CT molecular complexity index is 339. The number of hydrogen-bond donors (Lipinski definition) is 1. The molecule has 36 heavy (non-hydrogen) atoms. The molecule has 0 amide bonds. The van der Waals surface area contributed by atoms with Crippen molar-refractivity contribution in [3.63, 3.8) is 0 Å². The van der Waals surface area contributed by atoms with Crippen molar-refractivity contribution in [3.8, 4) is 0 Å². The Balaban J connectivity index is -0.000000276. The SMILES string of the molecule is CCCCCCCCCCCCCC[N+](C)(C)CC.CCCCCCCCCCCCCC[NH3+].[Br-].[Br-]. The molecule has 3 N–H and O–H groups in total. The fraction of sp³-hybridized carbons (Fsp3) is 1.00. The van der Waals surface area contributed by atoms with Crippen LogP contribution in [0.15, 0.2) is 0 Å². The van der Waals surface area contributed by atoms with Crippen molar-refractivity contribution in [1.29, 1.82) is 0 Å². The first kappa shape index (κ1) is 43.9. The van der Waals surface area contributed by atoms with Gasteiger partial charge in [0.2, 0.25) is 0 Å². The van der Waals surface area contributed by atoms with Crippen LogP contribution in [-0.2, 0) is 0 Å². The molecule has 0 atom stereocenters. The highest BCUT2D eigenvalue weighted by Gasteiger charge is 2.09. The third-order valence-electron chi connectivity index (χ3n) is 7.58. The minimum Gasteiger partial charge on any atom is -1.00 e. The lowest BCUT2D eigenvalue weighted by Gasteiger charge is -2.28. The maximum atomic E-state index is 3.87. The zero-order valence-corrected chi connectivity index (χ0v) is 29.2. The van der Waals surface area contributed by atoms with Crippen molar-refractivity contribution < 1.29 is 44.2 Å². The van der Waals surface area contributed by atoms with E-state index < -0.39 is 0 Å². The molecule has 0 aliphatic heterocycles. The van der Waals surface area contributed by atoms with Crippen LogP contribution in [0, 0.1) is 0 Å². The Morgan fingerprint density at radius 2 is 0.639 bits per heavy atom. The Kier molecular flexibility index (Phi) is 46.4. The highest BCUT2D eigenvalue weighted by molar-refractivity contribution is 4.49. The Labute approximate surface area is 251 Å². The summed E-state index contributed by atoms with van der Waals surface area (Å²) in [4.78, 5) is 0. The molecule has 0 spiro atoms. The number of quaternary nitrogens is 2. The summed E-state index contributed by atoms with van der Waals surface area (Å²) in [7, 11) is 4.69. The molecule has 0 radical (unpaired) electrons. The van der Waals surface area contributed by atoms with Crippen LogP contribution in [0.25, 0.3) is 0 Å². The number of hydrogen-bond acceptors (Lipinski definition) is 0. The van der Waals surface area contributed by atoms with Crippen molar-refractivity contribution in [2.45, 2.75) is 175 Å². The maximum Gasteiger partial charge on any atom is 0.0782 e. The number of unbranched alkanes of at least 4 members (excludes halogenated alkanes) is 22. The van der Waals surface area contributed by atoms with Gasteiger partial charge in [0.05, 0.1) is 33.7 Å². The molecule has 0 aliphatic rings. The number of halogens is 2. The topological polar surface area (TPSA) is 27.6 Å². The molecule has 0 saturated heterocycles. The van der Waals surface area contributed by atoms with E-state index in [2.05, 4.69) is 40.6 Å². The van der Waals surface area contributed by atoms with Crippen LogP contribution in [0.5, 0.6) is 0 Å². The quantitative estimate of drug-likeness (QED) is 0.110. The van der Waals surface area contributed by atoms with Crippen LogP contribution in [0.2, 0.25) is 0 Å². The van der Waals surface area contributed by atoms with Gasteiger partial charge < -0.3 is 44.2 Å². The van der Waals surface area contributed by atoms with Gasteiger partial charge in [-0.1, -0.05) is 142 Å². The summed E-state index contributed by atoms with van der Waals surface area (Å²) in [5.41, 5.74) is 3.87. The van der Waals surface area contributed by atoms with E-state index >= 15 is 0 Å². The molecule has 0 saturated carbocycles. The second kappa shape index (κ2) is 38.0. The van der Waals surface area contributed by atoms with E-state index in [1.807, 2.05) is 0 Å². The minimum absolute atomic E-state index is 0. The summed E-state index contributed by atoms with van der Waals surface area (Å²) in [5.74, 6) is 0. The smallest absolute Gasteiger partial charge is 0.0782 e. The normalized spacial score (nSPS) is 10.8. The van der Waals surface area contributed by atoms with Gasteiger partial charge in [0.25, 0.3) is 0 Å². The number of rotatable bonds is 26. The van der Waals surface area contributed by atoms with Crippen molar-refractivity contribution in [3.05, 3.63) is 0 Å². The predicted molar refractivity (Wildman–Crippen MR) is 157 cm³/mol. The fourth-order valence-corrected chi connectivity index (χ4v) is 4.56. The summed E-state index contributed by atoms with van der Waals surface area (Å²) in [6.45, 7) is 10.6. The van der Waals surface area contributed by atoms with E-state index in [1.165, 1.54) is 172 Å². The van der Waals surface area contributed by atoms with Gasteiger partial charge >= 0.3 is 0 Å². The van der Waals surface area contributed by atoms with Gasteiger partial charge in [0.15, 0.2) is 0 Å². The van der Waals surface area contributed by atoms with Gasteiger partial charge in [-0.2, -0.15) is 0 Å². The predicted octanol–water partition coefficient (Wildman–Crippen LogP) is 3.72. The molecule has 0 aliphatic carbocycles. The molecule has 0 aromatic rings. The summed E-state index contributed by atoms with van der Waals surface area (Å²) in [6.07, 6.45) is 34.6. The van der Waals surface area contributed by atoms with Crippen LogP contribution in [0.4, 0.5) is 0 Å². The van der Waals surface area contributed by atoms with Crippen LogP contribution in [0.3, 0.4) is 0 Å². The first-order chi connectivity index (χ1) is 16.5. The molecule has 0 aromatic heterocycles. The Hall–Kier alpha value is 0.880. The summed E-state index contributed by atoms with van der Waals surface area (Å²) >= 11 is 0. The van der Waals surface area contributed by atoms with Gasteiger partial charge in [-0.25, -0.2) is 0 Å². The molecule has 0 rings (SSSR count). The van der Waals surface area contributed by atoms with E-state index in [1.54, 1.807) is 0 Å². The molecule has 0 aromatic carbocycles. The molecule has 4 heteroatoms. The second-order valence-corrected chi connectivity index (χ2v) is 11.6. The van der Waals surface area contributed by atoms with E-state index in [-0.39, 0.29) is 34.0 Å². The molecular weight excluding hydrogens is 572 g/mol. The van der Waals surface area contributed by atoms with E-state index in [9.17, 15) is 0 Å². The third kappa shape index (κ3) is 42.0. The zero-order chi connectivity index (χ0) is 25.6. The summed E-state index contributed by atoms with van der Waals surface area (Å²) < 4.78 is 1.19. The van der Waals surface area contributed by atoms with Crippen molar-refractivity contribution >= 4 is 0 Å². The van der Waals surface area contributed by atoms with Crippen LogP contribution < -0.4 is 39.7 Å². The third-order valence-corrected chi connectivity index (χ3v) is 7.58. The Morgan fingerprint density at radius 3 is 0.889 bits per heavy atom. The molecule has 0 bridgehead atoms. The molecule has 0 heterocycles. The lowest BCUT2D eigenvalue weighted by atomic mass is 10.1. The number of nitrogens with zero attached hydrogens (tertiary/aromatic N) is 1. The van der Waals surface area contributed by atoms with Gasteiger partial charge in [0, 0.05) is 0 Å². The standard InChI is InChI=1S/C18H40N.C14H31N.2BrH/c1-5-7-8-9-10-11-12-13-14-15-16-17-18-19(3,4)6-2;1-2-3-4-5-6-7-8-9-10-11-12-13-14-15;;/h5-18H2,1-4H3;2-15H2,1H3;2*1H/q+1;;;/p-1. The van der Waals surface area contributed by atoms with Crippen LogP contribution in [0.1, 0.15) is 175 Å². The highest BCUT2D eigenvalue weighted by atomic mass is 79.9. The Morgan fingerprint density at radius 1 is 0.389 bits per heavy atom. The maximum absolute atomic E-state index is 3.87. The largest absolute Gasteiger partial charge is 1.00 e. The first-order valence-electron chi connectivity index (χ1n) is 16.1. The molecular formula is C32H72Br2N2. The van der Waals surface area contributed by atoms with Crippen LogP contribution >= 0.6 is 0 Å². The monoisotopic (exact) mass is 642 g/mol. The second-order valence-electron chi connectivity index (χ2n) is 11.6. The van der Waals surface area contributed by atoms with Gasteiger partial charge in [-0.15, -0.1) is 0 Å². The average molecular weight is 645 g/mol. The lowest BCUT2D eigenvalue weighted by molar-refractivity contribution is -0.888. The van der Waals surface area contributed by atoms with Gasteiger partial charge in [-0.3, -0.25) is 0 Å². The van der Waals surface area contributed by atoms with Crippen LogP contribution in [-0.4, -0.2) is 38.2 Å². The molecule has 0 fully saturated rings. The highest BCUT2D eigenvalue weighted by Crippen LogP contribution is 2.13. The average Bonchev–Trinajstić information content (AvgIpc) is 2.83. The molecule has 2 nitrogen and oxygen atoms in total. The molecule has 0 unspecified atom stereocenters. The zero-order valence-electron chi connectivity index (χ0n) is 26.0. The summed E-state index contributed by atoms with van der Waals surface area (Å²) in [6, 6.07) is 0. The fourth-order valence-electron chi connectivity index (χ4n) is 4.56. The van der Waals surface area contributed by atoms with E-state index in [0.717, 1.165) is 6.54 Å². The lowest BCUT2D eigenvalue weighted by Crippen LogP contribution is -3.00. The molecule has 224 valence electrons. The van der Waals surface area contributed by atoms with E-state index in [4.69, 9.17) is 0 Å². The van der Waals surface area contributed by atoms with Gasteiger partial charge in [0.1, 0.15) is 0 Å². The van der Waals surface area contributed by atoms with Gasteiger partial charge in [-0.05, 0) is 32.6 Å². The van der Waals surface area contributed by atoms with Crippen molar-refractivity contribution in [2.24, 2.45) is 0 Å². The minimum atomic E-state index is 0. The van der Waals surface area contributed by atoms with Crippen molar-refractivity contribution in [2.75, 3.05) is 33.7 Å². The van der Waals surface area contributed by atoms with E-state index in [0.29, 0.717) is 0 Å². The first-order valence-corrected chi connectivity index (χ1v) is 16.1. The van der Waals surface area contributed by atoms with Crippen molar-refractivity contribution in [1.82, 2.24) is 0 Å². The summed E-state index contributed by atoms with van der Waals surface area (Å²) in [5, 5.41) is 0.